The summed E-state index contributed by atoms with van der Waals surface area (Å²) in [7, 11) is 1.90. The Bertz CT molecular complexity index is 453. The molecule has 2 rings (SSSR count). The lowest BCUT2D eigenvalue weighted by molar-refractivity contribution is 0.791. The Hall–Kier alpha value is -0.970. The van der Waals surface area contributed by atoms with Crippen LogP contribution in [0.4, 0.5) is 0 Å². The van der Waals surface area contributed by atoms with Crippen LogP contribution in [0, 0.1) is 0 Å². The van der Waals surface area contributed by atoms with Gasteiger partial charge in [-0.05, 0) is 24.7 Å². The zero-order valence-electron chi connectivity index (χ0n) is 8.90. The van der Waals surface area contributed by atoms with Crippen molar-refractivity contribution in [3.05, 3.63) is 44.9 Å². The molecule has 5 heteroatoms. The highest BCUT2D eigenvalue weighted by Gasteiger charge is 2.04. The molecule has 84 valence electrons. The van der Waals surface area contributed by atoms with Gasteiger partial charge in [0, 0.05) is 18.0 Å². The lowest BCUT2D eigenvalue weighted by Crippen LogP contribution is -2.04. The molecule has 1 heterocycles. The quantitative estimate of drug-likeness (QED) is 0.910. The topological polar surface area (TPSA) is 37.8 Å². The van der Waals surface area contributed by atoms with Crippen molar-refractivity contribution in [3.8, 4) is 0 Å². The molecule has 0 saturated heterocycles. The highest BCUT2D eigenvalue weighted by Crippen LogP contribution is 2.16. The van der Waals surface area contributed by atoms with E-state index in [2.05, 4.69) is 15.5 Å². The Labute approximate surface area is 103 Å². The molecule has 0 aliphatic rings. The van der Waals surface area contributed by atoms with Gasteiger partial charge >= 0.3 is 0 Å². The predicted octanol–water partition coefficient (Wildman–Crippen LogP) is 2.50. The van der Waals surface area contributed by atoms with E-state index in [-0.39, 0.29) is 0 Å². The normalized spacial score (nSPS) is 10.6. The first-order valence-electron chi connectivity index (χ1n) is 4.98. The standard InChI is InChI=1S/C11H12ClN3S/c1-13-7-11-15-14-10(16-11)6-8-2-4-9(12)5-3-8/h2-5,13H,6-7H2,1H3. The van der Waals surface area contributed by atoms with Crippen molar-refractivity contribution < 1.29 is 0 Å². The fraction of sp³-hybridized carbons (Fsp3) is 0.273. The molecule has 0 bridgehead atoms. The number of hydrogen-bond donors (Lipinski definition) is 1. The highest BCUT2D eigenvalue weighted by molar-refractivity contribution is 7.11. The average molecular weight is 254 g/mol. The zero-order valence-corrected chi connectivity index (χ0v) is 10.5. The Kier molecular flexibility index (Phi) is 3.88. The minimum atomic E-state index is 0.761. The Morgan fingerprint density at radius 1 is 1.19 bits per heavy atom. The molecular formula is C11H12ClN3S. The summed E-state index contributed by atoms with van der Waals surface area (Å²) >= 11 is 7.47. The van der Waals surface area contributed by atoms with Crippen LogP contribution in [0.3, 0.4) is 0 Å². The molecule has 1 aromatic carbocycles. The maximum Gasteiger partial charge on any atom is 0.131 e. The molecular weight excluding hydrogens is 242 g/mol. The fourth-order valence-corrected chi connectivity index (χ4v) is 2.38. The Morgan fingerprint density at radius 2 is 1.88 bits per heavy atom. The van der Waals surface area contributed by atoms with Crippen molar-refractivity contribution in [1.29, 1.82) is 0 Å². The summed E-state index contributed by atoms with van der Waals surface area (Å²) < 4.78 is 0. The van der Waals surface area contributed by atoms with E-state index in [9.17, 15) is 0 Å². The molecule has 1 aromatic heterocycles. The van der Waals surface area contributed by atoms with E-state index >= 15 is 0 Å². The second-order valence-electron chi connectivity index (χ2n) is 3.42. The number of benzene rings is 1. The van der Waals surface area contributed by atoms with Gasteiger partial charge in [-0.2, -0.15) is 0 Å². The number of nitrogens with zero attached hydrogens (tertiary/aromatic N) is 2. The first-order valence-corrected chi connectivity index (χ1v) is 6.17. The van der Waals surface area contributed by atoms with Crippen molar-refractivity contribution in [1.82, 2.24) is 15.5 Å². The van der Waals surface area contributed by atoms with Crippen LogP contribution in [-0.2, 0) is 13.0 Å². The van der Waals surface area contributed by atoms with E-state index in [1.165, 1.54) is 5.56 Å². The van der Waals surface area contributed by atoms with Crippen LogP contribution in [0.25, 0.3) is 0 Å². The number of hydrogen-bond acceptors (Lipinski definition) is 4. The highest BCUT2D eigenvalue weighted by atomic mass is 35.5. The van der Waals surface area contributed by atoms with Crippen molar-refractivity contribution in [2.45, 2.75) is 13.0 Å². The molecule has 0 spiro atoms. The third-order valence-electron chi connectivity index (χ3n) is 2.11. The van der Waals surface area contributed by atoms with Crippen LogP contribution < -0.4 is 5.32 Å². The lowest BCUT2D eigenvalue weighted by atomic mass is 10.2. The first-order chi connectivity index (χ1) is 7.78. The first kappa shape index (κ1) is 11.5. The van der Waals surface area contributed by atoms with Crippen LogP contribution in [-0.4, -0.2) is 17.2 Å². The third-order valence-corrected chi connectivity index (χ3v) is 3.28. The molecule has 0 radical (unpaired) electrons. The van der Waals surface area contributed by atoms with Gasteiger partial charge in [0.2, 0.25) is 0 Å². The molecule has 0 fully saturated rings. The van der Waals surface area contributed by atoms with Crippen LogP contribution >= 0.6 is 22.9 Å². The van der Waals surface area contributed by atoms with Crippen molar-refractivity contribution in [3.63, 3.8) is 0 Å². The molecule has 0 unspecified atom stereocenters. The smallest absolute Gasteiger partial charge is 0.131 e. The van der Waals surface area contributed by atoms with Gasteiger partial charge in [0.25, 0.3) is 0 Å². The van der Waals surface area contributed by atoms with Gasteiger partial charge in [0.15, 0.2) is 0 Å². The van der Waals surface area contributed by atoms with E-state index in [1.807, 2.05) is 31.3 Å². The van der Waals surface area contributed by atoms with Crippen LogP contribution in [0.1, 0.15) is 15.6 Å². The van der Waals surface area contributed by atoms with E-state index in [1.54, 1.807) is 11.3 Å². The van der Waals surface area contributed by atoms with Crippen molar-refractivity contribution in [2.75, 3.05) is 7.05 Å². The molecule has 0 aliphatic carbocycles. The molecule has 0 atom stereocenters. The number of halogens is 1. The largest absolute Gasteiger partial charge is 0.313 e. The Morgan fingerprint density at radius 3 is 2.56 bits per heavy atom. The van der Waals surface area contributed by atoms with Crippen LogP contribution in [0.15, 0.2) is 24.3 Å². The van der Waals surface area contributed by atoms with Crippen LogP contribution in [0.5, 0.6) is 0 Å². The van der Waals surface area contributed by atoms with Crippen molar-refractivity contribution in [2.24, 2.45) is 0 Å². The van der Waals surface area contributed by atoms with E-state index in [0.717, 1.165) is 28.0 Å². The maximum atomic E-state index is 5.83. The molecule has 3 nitrogen and oxygen atoms in total. The SMILES string of the molecule is CNCc1nnc(Cc2ccc(Cl)cc2)s1. The van der Waals surface area contributed by atoms with Crippen molar-refractivity contribution >= 4 is 22.9 Å². The van der Waals surface area contributed by atoms with E-state index in [0.29, 0.717) is 0 Å². The van der Waals surface area contributed by atoms with E-state index < -0.39 is 0 Å². The zero-order chi connectivity index (χ0) is 11.4. The predicted molar refractivity (Wildman–Crippen MR) is 66.9 cm³/mol. The van der Waals surface area contributed by atoms with Gasteiger partial charge in [-0.3, -0.25) is 0 Å². The van der Waals surface area contributed by atoms with Crippen LogP contribution in [0.2, 0.25) is 5.02 Å². The monoisotopic (exact) mass is 253 g/mol. The number of rotatable bonds is 4. The summed E-state index contributed by atoms with van der Waals surface area (Å²) in [6, 6.07) is 7.82. The molecule has 0 saturated carbocycles. The van der Waals surface area contributed by atoms with E-state index in [4.69, 9.17) is 11.6 Å². The molecule has 0 aliphatic heterocycles. The van der Waals surface area contributed by atoms with Gasteiger partial charge < -0.3 is 5.32 Å². The maximum absolute atomic E-state index is 5.83. The molecule has 1 N–H and O–H groups in total. The third kappa shape index (κ3) is 3.01. The number of nitrogens with one attached hydrogen (secondary N) is 1. The summed E-state index contributed by atoms with van der Waals surface area (Å²) in [5, 5.41) is 14.1. The minimum Gasteiger partial charge on any atom is -0.313 e. The fourth-order valence-electron chi connectivity index (χ4n) is 1.36. The van der Waals surface area contributed by atoms with Gasteiger partial charge in [0.05, 0.1) is 0 Å². The summed E-state index contributed by atoms with van der Waals surface area (Å²) in [5.74, 6) is 0. The minimum absolute atomic E-state index is 0.761. The molecule has 2 aromatic rings. The van der Waals surface area contributed by atoms with Gasteiger partial charge in [-0.1, -0.05) is 35.1 Å². The Balaban J connectivity index is 2.05. The molecule has 16 heavy (non-hydrogen) atoms. The summed E-state index contributed by atoms with van der Waals surface area (Å²) in [4.78, 5) is 0. The second kappa shape index (κ2) is 5.39. The summed E-state index contributed by atoms with van der Waals surface area (Å²) in [5.41, 5.74) is 1.21. The van der Waals surface area contributed by atoms with Gasteiger partial charge in [-0.25, -0.2) is 0 Å². The average Bonchev–Trinajstić information content (AvgIpc) is 2.70. The molecule has 0 amide bonds. The summed E-state index contributed by atoms with van der Waals surface area (Å²) in [6.07, 6.45) is 0.818. The lowest BCUT2D eigenvalue weighted by Gasteiger charge is -1.96. The van der Waals surface area contributed by atoms with Gasteiger partial charge in [-0.15, -0.1) is 10.2 Å². The second-order valence-corrected chi connectivity index (χ2v) is 5.01. The van der Waals surface area contributed by atoms with Gasteiger partial charge in [0.1, 0.15) is 10.0 Å². The number of aromatic nitrogens is 2. The summed E-state index contributed by atoms with van der Waals surface area (Å²) in [6.45, 7) is 0.776.